The average Bonchev–Trinajstić information content (AvgIpc) is 3.28. The van der Waals surface area contributed by atoms with Crippen LogP contribution in [0.2, 0.25) is 0 Å². The third kappa shape index (κ3) is 12.4. The Kier molecular flexibility index (Phi) is 14.4. The van der Waals surface area contributed by atoms with Crippen molar-refractivity contribution in [1.82, 2.24) is 10.2 Å². The molecule has 0 saturated carbocycles. The van der Waals surface area contributed by atoms with E-state index in [0.29, 0.717) is 5.69 Å². The lowest BCUT2D eigenvalue weighted by atomic mass is 9.89. The second-order valence-corrected chi connectivity index (χ2v) is 12.0. The number of amides is 4. The second-order valence-electron chi connectivity index (χ2n) is 12.0. The van der Waals surface area contributed by atoms with Crippen LogP contribution in [0.1, 0.15) is 59.9 Å². The van der Waals surface area contributed by atoms with E-state index in [1.54, 1.807) is 52.0 Å². The zero-order valence-electron chi connectivity index (χ0n) is 26.5. The molecule has 0 aliphatic carbocycles. The summed E-state index contributed by atoms with van der Waals surface area (Å²) in [5, 5.41) is 5.46. The van der Waals surface area contributed by atoms with Crippen LogP contribution in [0.3, 0.4) is 0 Å². The minimum absolute atomic E-state index is 0.0187. The summed E-state index contributed by atoms with van der Waals surface area (Å²) in [5.74, 6) is -2.70. The smallest absolute Gasteiger partial charge is 0.311 e. The first-order valence-corrected chi connectivity index (χ1v) is 14.8. The number of esters is 1. The third-order valence-corrected chi connectivity index (χ3v) is 6.80. The second kappa shape index (κ2) is 17.4. The fraction of sp³-hybridized carbons (Fsp3) is 0.562. The molecular weight excluding hydrogens is 570 g/mol. The zero-order valence-corrected chi connectivity index (χ0v) is 26.5. The number of nitrogens with zero attached hydrogens (tertiary/aromatic N) is 1. The number of anilines is 1. The lowest BCUT2D eigenvalue weighted by Gasteiger charge is -2.22. The minimum Gasteiger partial charge on any atom is -0.460 e. The number of hydrogen-bond donors (Lipinski definition) is 2. The summed E-state index contributed by atoms with van der Waals surface area (Å²) in [6, 6.07) is 6.02. The molecule has 1 heterocycles. The highest BCUT2D eigenvalue weighted by Gasteiger charge is 2.28. The van der Waals surface area contributed by atoms with Crippen LogP contribution in [-0.4, -0.2) is 79.3 Å². The fourth-order valence-corrected chi connectivity index (χ4v) is 3.98. The first-order valence-electron chi connectivity index (χ1n) is 14.8. The van der Waals surface area contributed by atoms with E-state index in [-0.39, 0.29) is 87.8 Å². The van der Waals surface area contributed by atoms with Gasteiger partial charge in [0.05, 0.1) is 38.4 Å². The molecule has 0 bridgehead atoms. The van der Waals surface area contributed by atoms with Crippen molar-refractivity contribution in [3.63, 3.8) is 0 Å². The quantitative estimate of drug-likeness (QED) is 0.144. The zero-order chi connectivity index (χ0) is 32.9. The highest BCUT2D eigenvalue weighted by molar-refractivity contribution is 6.12. The number of carbonyl (C=O) groups is 6. The Labute approximate surface area is 258 Å². The number of carbonyl (C=O) groups excluding carboxylic acids is 6. The molecule has 0 radical (unpaired) electrons. The van der Waals surface area contributed by atoms with Gasteiger partial charge in [0.1, 0.15) is 18.4 Å². The Morgan fingerprint density at radius 2 is 1.43 bits per heavy atom. The number of ketones is 1. The number of hydrogen-bond acceptors (Lipinski definition) is 9. The lowest BCUT2D eigenvalue weighted by molar-refractivity contribution is -0.154. The molecule has 12 nitrogen and oxygen atoms in total. The number of Topliss-reactive ketones (excluding diaryl/α,β-unsaturated/α-hetero) is 1. The summed E-state index contributed by atoms with van der Waals surface area (Å²) in [6.07, 6.45) is 2.57. The van der Waals surface area contributed by atoms with Gasteiger partial charge in [-0.3, -0.25) is 33.7 Å². The van der Waals surface area contributed by atoms with E-state index in [1.165, 1.54) is 12.2 Å². The molecular formula is C32H45N3O9. The predicted molar refractivity (Wildman–Crippen MR) is 162 cm³/mol. The Morgan fingerprint density at radius 3 is 2.00 bits per heavy atom. The summed E-state index contributed by atoms with van der Waals surface area (Å²) in [5.41, 5.74) is 0.703. The Hall–Kier alpha value is -3.90. The number of imide groups is 1. The Morgan fingerprint density at radius 1 is 0.841 bits per heavy atom. The van der Waals surface area contributed by atoms with Crippen molar-refractivity contribution in [2.24, 2.45) is 17.3 Å². The Bertz CT molecular complexity index is 1180. The van der Waals surface area contributed by atoms with Crippen molar-refractivity contribution in [2.75, 3.05) is 38.3 Å². The van der Waals surface area contributed by atoms with Crippen LogP contribution in [0.5, 0.6) is 0 Å². The van der Waals surface area contributed by atoms with Crippen LogP contribution in [0, 0.1) is 17.3 Å². The van der Waals surface area contributed by atoms with Crippen LogP contribution in [0.4, 0.5) is 5.69 Å². The van der Waals surface area contributed by atoms with Crippen molar-refractivity contribution in [3.8, 4) is 0 Å². The molecule has 0 aromatic heterocycles. The van der Waals surface area contributed by atoms with Crippen molar-refractivity contribution < 1.29 is 43.0 Å². The van der Waals surface area contributed by atoms with Crippen LogP contribution in [0.25, 0.3) is 0 Å². The summed E-state index contributed by atoms with van der Waals surface area (Å²) in [6.45, 7) is 11.7. The van der Waals surface area contributed by atoms with E-state index >= 15 is 0 Å². The van der Waals surface area contributed by atoms with E-state index in [0.717, 1.165) is 10.5 Å². The highest BCUT2D eigenvalue weighted by Crippen LogP contribution is 2.19. The van der Waals surface area contributed by atoms with Gasteiger partial charge in [0.25, 0.3) is 11.8 Å². The van der Waals surface area contributed by atoms with Gasteiger partial charge in [-0.25, -0.2) is 0 Å². The molecule has 4 amide bonds. The molecule has 2 atom stereocenters. The van der Waals surface area contributed by atoms with E-state index < -0.39 is 23.3 Å². The van der Waals surface area contributed by atoms with Crippen LogP contribution in [0.15, 0.2) is 36.4 Å². The maximum atomic E-state index is 13.0. The molecule has 1 aromatic rings. The van der Waals surface area contributed by atoms with E-state index in [1.807, 2.05) is 13.8 Å². The molecule has 2 N–H and O–H groups in total. The van der Waals surface area contributed by atoms with Gasteiger partial charge >= 0.3 is 5.97 Å². The van der Waals surface area contributed by atoms with Crippen LogP contribution < -0.4 is 10.6 Å². The molecule has 0 saturated heterocycles. The summed E-state index contributed by atoms with van der Waals surface area (Å²) < 4.78 is 16.1. The fourth-order valence-electron chi connectivity index (χ4n) is 3.98. The largest absolute Gasteiger partial charge is 0.460 e. The van der Waals surface area contributed by atoms with E-state index in [9.17, 15) is 28.8 Å². The van der Waals surface area contributed by atoms with Crippen molar-refractivity contribution in [1.29, 1.82) is 0 Å². The maximum Gasteiger partial charge on any atom is 0.311 e. The minimum atomic E-state index is -0.840. The molecule has 2 rings (SSSR count). The topological polar surface area (TPSA) is 157 Å². The molecule has 1 aliphatic rings. The number of benzene rings is 1. The SMILES string of the molecule is CC(C)[C@H](CC(=O)CCOCCOCCN1C(=O)C=CC1=O)C(=O)N[C@@H](C)C(=O)Nc1ccc(COC(=O)C(C)(C)C)cc1. The summed E-state index contributed by atoms with van der Waals surface area (Å²) in [4.78, 5) is 74.2. The predicted octanol–water partition coefficient (Wildman–Crippen LogP) is 2.80. The third-order valence-electron chi connectivity index (χ3n) is 6.80. The molecule has 1 aromatic carbocycles. The standard InChI is InChI=1S/C32H45N3O9/c1-21(2)26(19-25(36)13-15-42-17-18-43-16-14-35-27(37)11-12-28(35)38)30(40)33-22(3)29(39)34-24-9-7-23(8-10-24)20-44-31(41)32(4,5)6/h7-12,21-22,26H,13-20H2,1-6H3,(H,33,40)(H,34,39)/t22-,26-/m0/s1. The molecule has 0 fully saturated rings. The van der Waals surface area contributed by atoms with E-state index in [2.05, 4.69) is 10.6 Å². The van der Waals surface area contributed by atoms with E-state index in [4.69, 9.17) is 14.2 Å². The normalized spacial score (nSPS) is 14.5. The molecule has 0 unspecified atom stereocenters. The molecule has 12 heteroatoms. The lowest BCUT2D eigenvalue weighted by Crippen LogP contribution is -2.45. The molecule has 44 heavy (non-hydrogen) atoms. The first-order chi connectivity index (χ1) is 20.7. The van der Waals surface area contributed by atoms with Gasteiger partial charge in [0.15, 0.2) is 0 Å². The maximum absolute atomic E-state index is 13.0. The van der Waals surface area contributed by atoms with Crippen LogP contribution in [-0.2, 0) is 49.6 Å². The van der Waals surface area contributed by atoms with Gasteiger partial charge in [0.2, 0.25) is 11.8 Å². The Balaban J connectivity index is 1.68. The molecule has 242 valence electrons. The van der Waals surface area contributed by atoms with Crippen molar-refractivity contribution in [2.45, 2.75) is 67.0 Å². The molecule has 1 aliphatic heterocycles. The van der Waals surface area contributed by atoms with Gasteiger partial charge in [-0.2, -0.15) is 0 Å². The number of nitrogens with one attached hydrogen (secondary N) is 2. The van der Waals surface area contributed by atoms with Crippen LogP contribution >= 0.6 is 0 Å². The summed E-state index contributed by atoms with van der Waals surface area (Å²) in [7, 11) is 0. The van der Waals surface area contributed by atoms with Gasteiger partial charge < -0.3 is 24.8 Å². The summed E-state index contributed by atoms with van der Waals surface area (Å²) >= 11 is 0. The molecule has 0 spiro atoms. The van der Waals surface area contributed by atoms with Gasteiger partial charge in [0, 0.05) is 36.6 Å². The van der Waals surface area contributed by atoms with Gasteiger partial charge in [-0.15, -0.1) is 0 Å². The van der Waals surface area contributed by atoms with Crippen molar-refractivity contribution >= 4 is 41.1 Å². The number of rotatable bonds is 18. The first kappa shape index (κ1) is 36.3. The number of ether oxygens (including phenoxy) is 3. The highest BCUT2D eigenvalue weighted by atomic mass is 16.5. The monoisotopic (exact) mass is 615 g/mol. The van der Waals surface area contributed by atoms with Crippen molar-refractivity contribution in [3.05, 3.63) is 42.0 Å². The van der Waals surface area contributed by atoms with Gasteiger partial charge in [-0.1, -0.05) is 26.0 Å². The van der Waals surface area contributed by atoms with Gasteiger partial charge in [-0.05, 0) is 51.3 Å². The average molecular weight is 616 g/mol.